The smallest absolute Gasteiger partial charge is 0.247 e. The van der Waals surface area contributed by atoms with Crippen LogP contribution in [0.2, 0.25) is 0 Å². The van der Waals surface area contributed by atoms with E-state index in [9.17, 15) is 18.0 Å². The van der Waals surface area contributed by atoms with E-state index in [0.717, 1.165) is 54.0 Å². The molecule has 2 aliphatic rings. The van der Waals surface area contributed by atoms with E-state index in [-0.39, 0.29) is 25.0 Å². The first-order valence-corrected chi connectivity index (χ1v) is 14.0. The first-order valence-electron chi connectivity index (χ1n) is 10.9. The van der Waals surface area contributed by atoms with Gasteiger partial charge in [-0.3, -0.25) is 14.5 Å². The van der Waals surface area contributed by atoms with Crippen molar-refractivity contribution in [2.75, 3.05) is 30.5 Å². The first-order chi connectivity index (χ1) is 14.6. The van der Waals surface area contributed by atoms with Gasteiger partial charge in [0.05, 0.1) is 12.8 Å². The fourth-order valence-electron chi connectivity index (χ4n) is 4.49. The second-order valence-corrected chi connectivity index (χ2v) is 11.6. The molecule has 0 radical (unpaired) electrons. The Bertz CT molecular complexity index is 913. The summed E-state index contributed by atoms with van der Waals surface area (Å²) in [6, 6.07) is 7.52. The molecule has 7 nitrogen and oxygen atoms in total. The van der Waals surface area contributed by atoms with Gasteiger partial charge in [-0.15, -0.1) is 11.8 Å². The molecule has 2 fully saturated rings. The highest BCUT2D eigenvalue weighted by atomic mass is 32.2. The van der Waals surface area contributed by atoms with Crippen LogP contribution < -0.4 is 10.2 Å². The van der Waals surface area contributed by atoms with E-state index in [1.807, 2.05) is 24.5 Å². The maximum Gasteiger partial charge on any atom is 0.247 e. The Morgan fingerprint density at radius 2 is 1.81 bits per heavy atom. The third-order valence-electron chi connectivity index (χ3n) is 6.25. The molecular weight excluding hydrogens is 434 g/mol. The highest BCUT2D eigenvalue weighted by Crippen LogP contribution is 2.33. The molecule has 0 bridgehead atoms. The van der Waals surface area contributed by atoms with E-state index in [1.54, 1.807) is 24.8 Å². The summed E-state index contributed by atoms with van der Waals surface area (Å²) in [5, 5.41) is 3.16. The normalized spacial score (nSPS) is 24.5. The number of rotatable bonds is 5. The molecule has 0 spiro atoms. The van der Waals surface area contributed by atoms with Crippen molar-refractivity contribution in [3.63, 3.8) is 0 Å². The van der Waals surface area contributed by atoms with E-state index in [4.69, 9.17) is 0 Å². The van der Waals surface area contributed by atoms with Crippen molar-refractivity contribution in [3.05, 3.63) is 24.3 Å². The number of piperazine rings is 1. The maximum absolute atomic E-state index is 13.6. The van der Waals surface area contributed by atoms with Crippen molar-refractivity contribution in [2.24, 2.45) is 0 Å². The molecule has 0 unspecified atom stereocenters. The fourth-order valence-corrected chi connectivity index (χ4v) is 5.78. The maximum atomic E-state index is 13.6. The summed E-state index contributed by atoms with van der Waals surface area (Å²) in [5.74, 6) is -0.695. The number of sulfonamides is 1. The van der Waals surface area contributed by atoms with Gasteiger partial charge in [-0.25, -0.2) is 8.42 Å². The highest BCUT2D eigenvalue weighted by Gasteiger charge is 2.50. The number of hydrogen-bond acceptors (Lipinski definition) is 5. The average Bonchev–Trinajstić information content (AvgIpc) is 2.68. The van der Waals surface area contributed by atoms with Crippen molar-refractivity contribution in [2.45, 2.75) is 68.3 Å². The molecule has 1 aliphatic carbocycles. The molecule has 3 rings (SSSR count). The SMILES string of the molecule is CSc1cccc(N2C(=O)CN(S(C)(=O)=O)C[C@]2(C)C(=O)NC2CCCCCCC2)c1. The molecule has 1 atom stereocenters. The molecule has 9 heteroatoms. The third kappa shape index (κ3) is 5.62. The Balaban J connectivity index is 1.95. The Hall–Kier alpha value is -1.58. The summed E-state index contributed by atoms with van der Waals surface area (Å²) >= 11 is 1.55. The summed E-state index contributed by atoms with van der Waals surface area (Å²) in [6.07, 6.45) is 10.5. The molecule has 1 aliphatic heterocycles. The molecule has 1 N–H and O–H groups in total. The van der Waals surface area contributed by atoms with Crippen molar-refractivity contribution < 1.29 is 18.0 Å². The van der Waals surface area contributed by atoms with Crippen molar-refractivity contribution in [1.29, 1.82) is 0 Å². The number of hydrogen-bond donors (Lipinski definition) is 1. The van der Waals surface area contributed by atoms with Crippen LogP contribution in [0.5, 0.6) is 0 Å². The van der Waals surface area contributed by atoms with Gasteiger partial charge in [-0.2, -0.15) is 4.31 Å². The highest BCUT2D eigenvalue weighted by molar-refractivity contribution is 7.98. The lowest BCUT2D eigenvalue weighted by Crippen LogP contribution is -2.70. The predicted molar refractivity (Wildman–Crippen MR) is 125 cm³/mol. The van der Waals surface area contributed by atoms with Gasteiger partial charge < -0.3 is 5.32 Å². The Morgan fingerprint density at radius 3 is 2.42 bits per heavy atom. The lowest BCUT2D eigenvalue weighted by Gasteiger charge is -2.47. The zero-order chi connectivity index (χ0) is 22.6. The first kappa shape index (κ1) is 24.1. The van der Waals surface area contributed by atoms with E-state index in [1.165, 1.54) is 11.3 Å². The van der Waals surface area contributed by atoms with Crippen LogP contribution in [0.1, 0.15) is 51.9 Å². The number of nitrogens with zero attached hydrogens (tertiary/aromatic N) is 2. The molecule has 31 heavy (non-hydrogen) atoms. The van der Waals surface area contributed by atoms with Crippen LogP contribution in [0, 0.1) is 0 Å². The number of thioether (sulfide) groups is 1. The van der Waals surface area contributed by atoms with Crippen LogP contribution in [0.3, 0.4) is 0 Å². The van der Waals surface area contributed by atoms with E-state index < -0.39 is 21.5 Å². The third-order valence-corrected chi connectivity index (χ3v) is 8.17. The molecule has 0 aromatic heterocycles. The minimum atomic E-state index is -3.62. The van der Waals surface area contributed by atoms with Crippen LogP contribution >= 0.6 is 11.8 Å². The van der Waals surface area contributed by atoms with Gasteiger partial charge in [0, 0.05) is 23.2 Å². The Morgan fingerprint density at radius 1 is 1.16 bits per heavy atom. The van der Waals surface area contributed by atoms with Crippen molar-refractivity contribution >= 4 is 39.3 Å². The van der Waals surface area contributed by atoms with E-state index in [0.29, 0.717) is 5.69 Å². The molecule has 1 saturated heterocycles. The second kappa shape index (κ2) is 9.92. The molecule has 1 aromatic rings. The van der Waals surface area contributed by atoms with Crippen LogP contribution in [-0.2, 0) is 19.6 Å². The number of amides is 2. The van der Waals surface area contributed by atoms with Crippen LogP contribution in [0.15, 0.2) is 29.2 Å². The molecular formula is C22H33N3O4S2. The molecule has 1 aromatic carbocycles. The standard InChI is InChI=1S/C22H33N3O4S2/c1-22(21(27)23-17-10-7-5-4-6-8-11-17)16-24(31(3,28)29)15-20(26)25(22)18-12-9-13-19(14-18)30-2/h9,12-14,17H,4-8,10-11,15-16H2,1-3H3,(H,23,27)/t22-/m1/s1. The van der Waals surface area contributed by atoms with Gasteiger partial charge in [0.15, 0.2) is 0 Å². The van der Waals surface area contributed by atoms with Gasteiger partial charge in [0.2, 0.25) is 21.8 Å². The van der Waals surface area contributed by atoms with E-state index in [2.05, 4.69) is 5.32 Å². The molecule has 1 saturated carbocycles. The predicted octanol–water partition coefficient (Wildman–Crippen LogP) is 3.00. The van der Waals surface area contributed by atoms with Crippen LogP contribution in [0.4, 0.5) is 5.69 Å². The zero-order valence-electron chi connectivity index (χ0n) is 18.6. The van der Waals surface area contributed by atoms with Gasteiger partial charge in [-0.05, 0) is 44.2 Å². The summed E-state index contributed by atoms with van der Waals surface area (Å²) < 4.78 is 25.7. The summed E-state index contributed by atoms with van der Waals surface area (Å²) in [5.41, 5.74) is -0.724. The number of nitrogens with one attached hydrogen (secondary N) is 1. The minimum absolute atomic E-state index is 0.0488. The van der Waals surface area contributed by atoms with Gasteiger partial charge in [0.1, 0.15) is 5.54 Å². The number of anilines is 1. The fraction of sp³-hybridized carbons (Fsp3) is 0.636. The monoisotopic (exact) mass is 467 g/mol. The summed E-state index contributed by atoms with van der Waals surface area (Å²) in [4.78, 5) is 29.3. The molecule has 172 valence electrons. The molecule has 1 heterocycles. The zero-order valence-corrected chi connectivity index (χ0v) is 20.2. The topological polar surface area (TPSA) is 86.8 Å². The van der Waals surface area contributed by atoms with Gasteiger partial charge >= 0.3 is 0 Å². The van der Waals surface area contributed by atoms with Crippen LogP contribution in [0.25, 0.3) is 0 Å². The quantitative estimate of drug-likeness (QED) is 0.673. The Labute approximate surface area is 190 Å². The van der Waals surface area contributed by atoms with Crippen LogP contribution in [-0.4, -0.2) is 61.7 Å². The molecule has 2 amide bonds. The Kier molecular flexibility index (Phi) is 7.70. The number of carbonyl (C=O) groups is 2. The van der Waals surface area contributed by atoms with Gasteiger partial charge in [-0.1, -0.05) is 38.2 Å². The summed E-state index contributed by atoms with van der Waals surface area (Å²) in [7, 11) is -3.62. The minimum Gasteiger partial charge on any atom is -0.351 e. The van der Waals surface area contributed by atoms with Crippen molar-refractivity contribution in [3.8, 4) is 0 Å². The van der Waals surface area contributed by atoms with E-state index >= 15 is 0 Å². The van der Waals surface area contributed by atoms with Crippen molar-refractivity contribution in [1.82, 2.24) is 9.62 Å². The lowest BCUT2D eigenvalue weighted by atomic mass is 9.92. The largest absolute Gasteiger partial charge is 0.351 e. The second-order valence-electron chi connectivity index (χ2n) is 8.75. The summed E-state index contributed by atoms with van der Waals surface area (Å²) in [6.45, 7) is 1.33. The average molecular weight is 468 g/mol. The van der Waals surface area contributed by atoms with Gasteiger partial charge in [0.25, 0.3) is 0 Å². The lowest BCUT2D eigenvalue weighted by molar-refractivity contribution is -0.133. The number of benzene rings is 1. The number of carbonyl (C=O) groups excluding carboxylic acids is 2.